The van der Waals surface area contributed by atoms with Crippen LogP contribution < -0.4 is 0 Å². The molecule has 6 heteroatoms. The fourth-order valence-corrected chi connectivity index (χ4v) is 3.15. The number of rotatable bonds is 13. The summed E-state index contributed by atoms with van der Waals surface area (Å²) in [7, 11) is 0. The summed E-state index contributed by atoms with van der Waals surface area (Å²) in [6, 6.07) is 19.1. The molecule has 0 aromatic heterocycles. The van der Waals surface area contributed by atoms with Gasteiger partial charge in [-0.1, -0.05) is 72.8 Å². The molecule has 0 unspecified atom stereocenters. The van der Waals surface area contributed by atoms with Gasteiger partial charge in [-0.25, -0.2) is 0 Å². The summed E-state index contributed by atoms with van der Waals surface area (Å²) in [6.45, 7) is 10.7. The molecule has 0 aliphatic rings. The standard InChI is InChI=1S/C26H30O6/c1-5-23(29-17-21-13-9-7-10-14-21)25(31-19(3)27)26(32-20(4)28)24(6-2)30-18-22-15-11-8-12-16-22/h5-16,23-26H,1-2,17-18H2,3-4H3/t23-,24-,25-,26-/m0/s1. The van der Waals surface area contributed by atoms with E-state index in [1.54, 1.807) is 0 Å². The van der Waals surface area contributed by atoms with Crippen molar-refractivity contribution in [3.05, 3.63) is 97.1 Å². The van der Waals surface area contributed by atoms with Gasteiger partial charge in [-0.2, -0.15) is 0 Å². The molecule has 0 N–H and O–H groups in total. The predicted molar refractivity (Wildman–Crippen MR) is 122 cm³/mol. The molecule has 0 radical (unpaired) electrons. The molecule has 6 nitrogen and oxygen atoms in total. The van der Waals surface area contributed by atoms with Crippen LogP contribution in [0.3, 0.4) is 0 Å². The summed E-state index contributed by atoms with van der Waals surface area (Å²) in [5.74, 6) is -1.10. The lowest BCUT2D eigenvalue weighted by atomic mass is 10.0. The molecule has 170 valence electrons. The van der Waals surface area contributed by atoms with Crippen LogP contribution in [0.4, 0.5) is 0 Å². The van der Waals surface area contributed by atoms with Crippen molar-refractivity contribution >= 4 is 11.9 Å². The number of carbonyl (C=O) groups is 2. The highest BCUT2D eigenvalue weighted by atomic mass is 16.6. The minimum atomic E-state index is -0.989. The van der Waals surface area contributed by atoms with Gasteiger partial charge < -0.3 is 18.9 Å². The van der Waals surface area contributed by atoms with Crippen LogP contribution in [0.25, 0.3) is 0 Å². The Balaban J connectivity index is 2.25. The van der Waals surface area contributed by atoms with Gasteiger partial charge in [0.05, 0.1) is 13.2 Å². The highest BCUT2D eigenvalue weighted by Gasteiger charge is 2.39. The first kappa shape index (κ1) is 25.0. The lowest BCUT2D eigenvalue weighted by Gasteiger charge is -2.34. The van der Waals surface area contributed by atoms with Crippen LogP contribution in [0, 0.1) is 0 Å². The predicted octanol–water partition coefficient (Wildman–Crippen LogP) is 4.39. The van der Waals surface area contributed by atoms with Crippen molar-refractivity contribution < 1.29 is 28.5 Å². The van der Waals surface area contributed by atoms with Crippen molar-refractivity contribution in [3.63, 3.8) is 0 Å². The van der Waals surface area contributed by atoms with E-state index >= 15 is 0 Å². The van der Waals surface area contributed by atoms with E-state index < -0.39 is 36.4 Å². The van der Waals surface area contributed by atoms with Gasteiger partial charge in [-0.3, -0.25) is 9.59 Å². The topological polar surface area (TPSA) is 71.1 Å². The van der Waals surface area contributed by atoms with Crippen molar-refractivity contribution in [3.8, 4) is 0 Å². The van der Waals surface area contributed by atoms with Gasteiger partial charge in [0.1, 0.15) is 12.2 Å². The molecule has 0 heterocycles. The van der Waals surface area contributed by atoms with E-state index in [0.29, 0.717) is 0 Å². The summed E-state index contributed by atoms with van der Waals surface area (Å²) in [5, 5.41) is 0. The largest absolute Gasteiger partial charge is 0.455 e. The van der Waals surface area contributed by atoms with Gasteiger partial charge in [0.15, 0.2) is 12.2 Å². The Kier molecular flexibility index (Phi) is 10.4. The van der Waals surface area contributed by atoms with E-state index in [4.69, 9.17) is 18.9 Å². The van der Waals surface area contributed by atoms with E-state index in [2.05, 4.69) is 13.2 Å². The fourth-order valence-electron chi connectivity index (χ4n) is 3.15. The normalized spacial score (nSPS) is 14.4. The van der Waals surface area contributed by atoms with Crippen molar-refractivity contribution in [2.75, 3.05) is 0 Å². The lowest BCUT2D eigenvalue weighted by molar-refractivity contribution is -0.187. The van der Waals surface area contributed by atoms with Gasteiger partial charge >= 0.3 is 11.9 Å². The van der Waals surface area contributed by atoms with Crippen molar-refractivity contribution in [2.24, 2.45) is 0 Å². The Morgan fingerprint density at radius 1 is 0.719 bits per heavy atom. The number of hydrogen-bond donors (Lipinski definition) is 0. The van der Waals surface area contributed by atoms with Crippen LogP contribution in [-0.4, -0.2) is 36.4 Å². The van der Waals surface area contributed by atoms with Gasteiger partial charge in [0.2, 0.25) is 0 Å². The molecule has 2 aromatic carbocycles. The average Bonchev–Trinajstić information content (AvgIpc) is 2.79. The molecule has 2 aromatic rings. The number of hydrogen-bond acceptors (Lipinski definition) is 6. The zero-order valence-corrected chi connectivity index (χ0v) is 18.5. The Morgan fingerprint density at radius 3 is 1.34 bits per heavy atom. The molecule has 0 amide bonds. The zero-order valence-electron chi connectivity index (χ0n) is 18.5. The third-order valence-corrected chi connectivity index (χ3v) is 4.61. The third kappa shape index (κ3) is 8.13. The summed E-state index contributed by atoms with van der Waals surface area (Å²) in [5.41, 5.74) is 1.87. The number of ether oxygens (including phenoxy) is 4. The molecular weight excluding hydrogens is 408 g/mol. The smallest absolute Gasteiger partial charge is 0.303 e. The highest BCUT2D eigenvalue weighted by Crippen LogP contribution is 2.22. The van der Waals surface area contributed by atoms with Crippen LogP contribution in [-0.2, 0) is 41.8 Å². The number of esters is 2. The van der Waals surface area contributed by atoms with E-state index in [0.717, 1.165) is 11.1 Å². The van der Waals surface area contributed by atoms with Gasteiger partial charge in [0.25, 0.3) is 0 Å². The summed E-state index contributed by atoms with van der Waals surface area (Å²) < 4.78 is 23.1. The second-order valence-corrected chi connectivity index (χ2v) is 7.14. The lowest BCUT2D eigenvalue weighted by Crippen LogP contribution is -2.49. The average molecular weight is 439 g/mol. The molecular formula is C26H30O6. The summed E-state index contributed by atoms with van der Waals surface area (Å²) >= 11 is 0. The number of benzene rings is 2. The molecule has 0 saturated heterocycles. The molecule has 0 spiro atoms. The quantitative estimate of drug-likeness (QED) is 0.341. The monoisotopic (exact) mass is 438 g/mol. The fraction of sp³-hybridized carbons (Fsp3) is 0.308. The van der Waals surface area contributed by atoms with Gasteiger partial charge in [-0.15, -0.1) is 13.2 Å². The third-order valence-electron chi connectivity index (χ3n) is 4.61. The van der Waals surface area contributed by atoms with Gasteiger partial charge in [0, 0.05) is 13.8 Å². The van der Waals surface area contributed by atoms with Crippen molar-refractivity contribution in [1.29, 1.82) is 0 Å². The SMILES string of the molecule is C=C[C@H](OCc1ccccc1)[C@H](OC(C)=O)[C@@H](OC(C)=O)[C@H](C=C)OCc1ccccc1. The molecule has 32 heavy (non-hydrogen) atoms. The van der Waals surface area contributed by atoms with Crippen LogP contribution in [0.5, 0.6) is 0 Å². The molecule has 2 rings (SSSR count). The Labute approximate surface area is 189 Å². The minimum absolute atomic E-state index is 0.256. The maximum absolute atomic E-state index is 11.9. The van der Waals surface area contributed by atoms with Crippen LogP contribution in [0.1, 0.15) is 25.0 Å². The molecule has 0 fully saturated rings. The Bertz CT molecular complexity index is 791. The maximum atomic E-state index is 11.9. The molecule has 0 bridgehead atoms. The molecule has 0 aliphatic heterocycles. The van der Waals surface area contributed by atoms with Crippen LogP contribution >= 0.6 is 0 Å². The van der Waals surface area contributed by atoms with E-state index in [9.17, 15) is 9.59 Å². The molecule has 0 aliphatic carbocycles. The Morgan fingerprint density at radius 2 is 1.06 bits per heavy atom. The van der Waals surface area contributed by atoms with E-state index in [1.165, 1.54) is 26.0 Å². The molecule has 0 saturated carbocycles. The van der Waals surface area contributed by atoms with E-state index in [-0.39, 0.29) is 13.2 Å². The van der Waals surface area contributed by atoms with Crippen molar-refractivity contribution in [1.82, 2.24) is 0 Å². The van der Waals surface area contributed by atoms with E-state index in [1.807, 2.05) is 60.7 Å². The minimum Gasteiger partial charge on any atom is -0.455 e. The highest BCUT2D eigenvalue weighted by molar-refractivity contribution is 5.67. The number of carbonyl (C=O) groups excluding carboxylic acids is 2. The second-order valence-electron chi connectivity index (χ2n) is 7.14. The summed E-state index contributed by atoms with van der Waals surface area (Å²) in [6.07, 6.45) is -0.459. The first-order valence-electron chi connectivity index (χ1n) is 10.3. The second kappa shape index (κ2) is 13.2. The Hall–Kier alpha value is -3.22. The first-order chi connectivity index (χ1) is 15.4. The van der Waals surface area contributed by atoms with Crippen molar-refractivity contribution in [2.45, 2.75) is 51.5 Å². The maximum Gasteiger partial charge on any atom is 0.303 e. The van der Waals surface area contributed by atoms with Gasteiger partial charge in [-0.05, 0) is 11.1 Å². The molecule has 4 atom stereocenters. The van der Waals surface area contributed by atoms with Crippen LogP contribution in [0.15, 0.2) is 86.0 Å². The van der Waals surface area contributed by atoms with Crippen LogP contribution in [0.2, 0.25) is 0 Å². The zero-order chi connectivity index (χ0) is 23.3. The first-order valence-corrected chi connectivity index (χ1v) is 10.3. The summed E-state index contributed by atoms with van der Waals surface area (Å²) in [4.78, 5) is 23.8.